The van der Waals surface area contributed by atoms with Crippen LogP contribution < -0.4 is 29.3 Å². The molecular formula is C21H39IN2O. The maximum atomic E-state index is 12.5. The fourth-order valence-electron chi connectivity index (χ4n) is 6.70. The van der Waals surface area contributed by atoms with E-state index in [1.165, 1.54) is 69.2 Å². The zero-order valence-electron chi connectivity index (χ0n) is 16.7. The summed E-state index contributed by atoms with van der Waals surface area (Å²) in [7, 11) is 0. The van der Waals surface area contributed by atoms with E-state index in [0.717, 1.165) is 37.1 Å². The molecule has 4 saturated carbocycles. The van der Waals surface area contributed by atoms with Crippen molar-refractivity contribution in [3.05, 3.63) is 0 Å². The smallest absolute Gasteiger partial charge is 0.220 e. The Bertz CT molecular complexity index is 404. The van der Waals surface area contributed by atoms with Gasteiger partial charge in [0.2, 0.25) is 5.91 Å². The Morgan fingerprint density at radius 2 is 1.44 bits per heavy atom. The third-order valence-electron chi connectivity index (χ3n) is 7.84. The van der Waals surface area contributed by atoms with Gasteiger partial charge in [-0.2, -0.15) is 0 Å². The summed E-state index contributed by atoms with van der Waals surface area (Å²) >= 11 is 0. The highest BCUT2D eigenvalue weighted by Crippen LogP contribution is 2.61. The van der Waals surface area contributed by atoms with Crippen LogP contribution in [0, 0.1) is 23.2 Å². The van der Waals surface area contributed by atoms with Gasteiger partial charge in [0, 0.05) is 19.4 Å². The molecule has 0 unspecified atom stereocenters. The van der Waals surface area contributed by atoms with Crippen LogP contribution in [-0.4, -0.2) is 43.1 Å². The molecule has 0 heterocycles. The van der Waals surface area contributed by atoms with Gasteiger partial charge in [-0.05, 0) is 82.5 Å². The Morgan fingerprint density at radius 3 is 1.88 bits per heavy atom. The van der Waals surface area contributed by atoms with Gasteiger partial charge in [0.1, 0.15) is 0 Å². The molecule has 0 atom stereocenters. The summed E-state index contributed by atoms with van der Waals surface area (Å²) in [5.74, 6) is 3.17. The molecule has 1 amide bonds. The molecule has 0 saturated heterocycles. The largest absolute Gasteiger partial charge is 1.00 e. The summed E-state index contributed by atoms with van der Waals surface area (Å²) in [6.45, 7) is 12.5. The molecule has 4 fully saturated rings. The van der Waals surface area contributed by atoms with Crippen molar-refractivity contribution in [2.24, 2.45) is 23.2 Å². The fraction of sp³-hybridized carbons (Fsp3) is 0.952. The van der Waals surface area contributed by atoms with E-state index in [4.69, 9.17) is 0 Å². The van der Waals surface area contributed by atoms with E-state index in [2.05, 4.69) is 26.1 Å². The maximum Gasteiger partial charge on any atom is 0.220 e. The second kappa shape index (κ2) is 8.90. The molecule has 0 aromatic carbocycles. The number of rotatable bonds is 9. The molecule has 0 aromatic heterocycles. The summed E-state index contributed by atoms with van der Waals surface area (Å²) in [6.07, 6.45) is 10.3. The topological polar surface area (TPSA) is 29.1 Å². The van der Waals surface area contributed by atoms with Gasteiger partial charge in [0.05, 0.1) is 26.2 Å². The van der Waals surface area contributed by atoms with E-state index >= 15 is 0 Å². The Kier molecular flexibility index (Phi) is 7.64. The monoisotopic (exact) mass is 462 g/mol. The number of nitrogens with one attached hydrogen (secondary N) is 1. The third kappa shape index (κ3) is 4.91. The summed E-state index contributed by atoms with van der Waals surface area (Å²) < 4.78 is 1.19. The number of carbonyl (C=O) groups excluding carboxylic acids is 1. The number of quaternary nitrogens is 1. The predicted molar refractivity (Wildman–Crippen MR) is 99.6 cm³/mol. The molecule has 0 spiro atoms. The van der Waals surface area contributed by atoms with Crippen molar-refractivity contribution in [3.8, 4) is 0 Å². The molecule has 0 radical (unpaired) electrons. The van der Waals surface area contributed by atoms with Gasteiger partial charge in [0.25, 0.3) is 0 Å². The Labute approximate surface area is 172 Å². The van der Waals surface area contributed by atoms with Gasteiger partial charge in [-0.3, -0.25) is 4.79 Å². The van der Waals surface area contributed by atoms with Gasteiger partial charge in [-0.15, -0.1) is 0 Å². The Balaban J connectivity index is 0.00000225. The van der Waals surface area contributed by atoms with Crippen LogP contribution in [-0.2, 0) is 4.79 Å². The molecular weight excluding hydrogens is 423 g/mol. The van der Waals surface area contributed by atoms with E-state index in [1.807, 2.05) is 0 Å². The second-order valence-corrected chi connectivity index (χ2v) is 9.31. The molecule has 4 rings (SSSR count). The molecule has 0 aliphatic heterocycles. The van der Waals surface area contributed by atoms with Crippen LogP contribution in [0.3, 0.4) is 0 Å². The number of carbonyl (C=O) groups is 1. The molecule has 0 aromatic rings. The minimum atomic E-state index is 0. The van der Waals surface area contributed by atoms with Crippen molar-refractivity contribution in [2.45, 2.75) is 72.1 Å². The standard InChI is InChI=1S/C21H38N2O.HI/c1-4-23(5-2,6-3)9-7-8-22-20(24)16-21-13-17-10-18(14-21)12-19(11-17)15-21;/h17-19H,4-16H2,1-3H3;1H. The quantitative estimate of drug-likeness (QED) is 0.309. The minimum Gasteiger partial charge on any atom is -1.00 e. The van der Waals surface area contributed by atoms with Crippen molar-refractivity contribution in [2.75, 3.05) is 32.7 Å². The van der Waals surface area contributed by atoms with Crippen molar-refractivity contribution < 1.29 is 33.3 Å². The lowest BCUT2D eigenvalue weighted by molar-refractivity contribution is -0.923. The first kappa shape index (κ1) is 21.5. The lowest BCUT2D eigenvalue weighted by Gasteiger charge is -2.56. The van der Waals surface area contributed by atoms with Gasteiger partial charge < -0.3 is 33.8 Å². The zero-order chi connectivity index (χ0) is 17.2. The second-order valence-electron chi connectivity index (χ2n) is 9.31. The van der Waals surface area contributed by atoms with Gasteiger partial charge in [-0.1, -0.05) is 0 Å². The lowest BCUT2D eigenvalue weighted by Crippen LogP contribution is -3.00. The summed E-state index contributed by atoms with van der Waals surface area (Å²) in [4.78, 5) is 12.5. The number of hydrogen-bond acceptors (Lipinski definition) is 1. The predicted octanol–water partition coefficient (Wildman–Crippen LogP) is 0.980. The van der Waals surface area contributed by atoms with Crippen molar-refractivity contribution >= 4 is 5.91 Å². The number of amides is 1. The van der Waals surface area contributed by atoms with Crippen LogP contribution in [0.5, 0.6) is 0 Å². The molecule has 25 heavy (non-hydrogen) atoms. The van der Waals surface area contributed by atoms with Crippen LogP contribution in [0.25, 0.3) is 0 Å². The number of hydrogen-bond donors (Lipinski definition) is 1. The first-order valence-corrected chi connectivity index (χ1v) is 10.6. The zero-order valence-corrected chi connectivity index (χ0v) is 18.8. The van der Waals surface area contributed by atoms with E-state index in [-0.39, 0.29) is 24.0 Å². The van der Waals surface area contributed by atoms with E-state index in [9.17, 15) is 4.79 Å². The van der Waals surface area contributed by atoms with Crippen molar-refractivity contribution in [3.63, 3.8) is 0 Å². The van der Waals surface area contributed by atoms with E-state index in [0.29, 0.717) is 11.3 Å². The summed E-state index contributed by atoms with van der Waals surface area (Å²) in [5, 5.41) is 3.25. The maximum absolute atomic E-state index is 12.5. The fourth-order valence-corrected chi connectivity index (χ4v) is 6.70. The lowest BCUT2D eigenvalue weighted by atomic mass is 9.49. The van der Waals surface area contributed by atoms with Crippen LogP contribution >= 0.6 is 0 Å². The van der Waals surface area contributed by atoms with Gasteiger partial charge >= 0.3 is 0 Å². The number of nitrogens with zero attached hydrogens (tertiary/aromatic N) is 1. The van der Waals surface area contributed by atoms with Crippen LogP contribution in [0.4, 0.5) is 0 Å². The highest BCUT2D eigenvalue weighted by Gasteiger charge is 2.51. The molecule has 3 nitrogen and oxygen atoms in total. The van der Waals surface area contributed by atoms with E-state index in [1.54, 1.807) is 0 Å². The molecule has 4 aliphatic carbocycles. The first-order valence-electron chi connectivity index (χ1n) is 10.6. The van der Waals surface area contributed by atoms with Crippen LogP contribution in [0.15, 0.2) is 0 Å². The highest BCUT2D eigenvalue weighted by molar-refractivity contribution is 5.76. The molecule has 4 bridgehead atoms. The molecule has 146 valence electrons. The Hall–Kier alpha value is 0.160. The average molecular weight is 462 g/mol. The van der Waals surface area contributed by atoms with Crippen LogP contribution in [0.1, 0.15) is 72.1 Å². The molecule has 4 heteroatoms. The summed E-state index contributed by atoms with van der Waals surface area (Å²) in [5.41, 5.74) is 0.384. The highest BCUT2D eigenvalue weighted by atomic mass is 127. The normalized spacial score (nSPS) is 33.2. The first-order chi connectivity index (χ1) is 11.5. The minimum absolute atomic E-state index is 0. The van der Waals surface area contributed by atoms with E-state index < -0.39 is 0 Å². The van der Waals surface area contributed by atoms with Crippen molar-refractivity contribution in [1.82, 2.24) is 5.32 Å². The average Bonchev–Trinajstić information content (AvgIpc) is 2.54. The van der Waals surface area contributed by atoms with Crippen molar-refractivity contribution in [1.29, 1.82) is 0 Å². The van der Waals surface area contributed by atoms with Gasteiger partial charge in [-0.25, -0.2) is 0 Å². The Morgan fingerprint density at radius 1 is 0.960 bits per heavy atom. The SMILES string of the molecule is CC[N+](CC)(CC)CCCNC(=O)CC12CC3CC(CC(C3)C1)C2.[I-]. The third-order valence-corrected chi connectivity index (χ3v) is 7.84. The van der Waals surface area contributed by atoms with Gasteiger partial charge in [0.15, 0.2) is 0 Å². The molecule has 4 aliphatic rings. The molecule has 1 N–H and O–H groups in total. The summed E-state index contributed by atoms with van der Waals surface area (Å²) in [6, 6.07) is 0. The number of halogens is 1. The van der Waals surface area contributed by atoms with Crippen LogP contribution in [0.2, 0.25) is 0 Å².